The monoisotopic (exact) mass is 259 g/mol. The lowest BCUT2D eigenvalue weighted by Gasteiger charge is -2.10. The largest absolute Gasteiger partial charge is 0.497 e. The van der Waals surface area contributed by atoms with E-state index in [0.29, 0.717) is 11.5 Å². The summed E-state index contributed by atoms with van der Waals surface area (Å²) in [4.78, 5) is 15.2. The number of pyridine rings is 1. The summed E-state index contributed by atoms with van der Waals surface area (Å²) in [6, 6.07) is 8.33. The van der Waals surface area contributed by atoms with Gasteiger partial charge in [0.05, 0.1) is 18.9 Å². The third-order valence-corrected chi connectivity index (χ3v) is 2.42. The maximum absolute atomic E-state index is 11.3. The number of nitrogen functional groups attached to an aromatic ring is 1. The van der Waals surface area contributed by atoms with E-state index < -0.39 is 5.91 Å². The van der Waals surface area contributed by atoms with Crippen LogP contribution in [0.5, 0.6) is 17.2 Å². The maximum Gasteiger partial charge on any atom is 0.252 e. The molecule has 0 aliphatic heterocycles. The molecule has 0 saturated carbocycles. The van der Waals surface area contributed by atoms with Gasteiger partial charge in [-0.3, -0.25) is 4.79 Å². The standard InChI is InChI=1S/C13H13N3O3/c1-18-8-3-2-4-9(5-8)19-11-7-16-12(14)6-10(11)13(15)17/h2-7H,1H3,(H2,14,16)(H2,15,17). The number of methoxy groups -OCH3 is 1. The van der Waals surface area contributed by atoms with Gasteiger partial charge in [-0.2, -0.15) is 0 Å². The number of primary amides is 1. The highest BCUT2D eigenvalue weighted by atomic mass is 16.5. The molecule has 0 saturated heterocycles. The summed E-state index contributed by atoms with van der Waals surface area (Å²) in [7, 11) is 1.55. The van der Waals surface area contributed by atoms with Gasteiger partial charge < -0.3 is 20.9 Å². The van der Waals surface area contributed by atoms with Gasteiger partial charge in [-0.05, 0) is 18.2 Å². The van der Waals surface area contributed by atoms with Crippen LogP contribution >= 0.6 is 0 Å². The van der Waals surface area contributed by atoms with Crippen molar-refractivity contribution in [2.45, 2.75) is 0 Å². The van der Waals surface area contributed by atoms with E-state index >= 15 is 0 Å². The lowest BCUT2D eigenvalue weighted by Crippen LogP contribution is -2.13. The van der Waals surface area contributed by atoms with Gasteiger partial charge in [0, 0.05) is 6.07 Å². The number of ether oxygens (including phenoxy) is 2. The fraction of sp³-hybridized carbons (Fsp3) is 0.0769. The number of nitrogens with zero attached hydrogens (tertiary/aromatic N) is 1. The van der Waals surface area contributed by atoms with Crippen molar-refractivity contribution in [1.82, 2.24) is 4.98 Å². The molecule has 4 N–H and O–H groups in total. The van der Waals surface area contributed by atoms with E-state index in [4.69, 9.17) is 20.9 Å². The van der Waals surface area contributed by atoms with E-state index in [2.05, 4.69) is 4.98 Å². The smallest absolute Gasteiger partial charge is 0.252 e. The van der Waals surface area contributed by atoms with Crippen LogP contribution < -0.4 is 20.9 Å². The van der Waals surface area contributed by atoms with Gasteiger partial charge in [0.25, 0.3) is 5.91 Å². The van der Waals surface area contributed by atoms with Crippen LogP contribution in [0.4, 0.5) is 5.82 Å². The average molecular weight is 259 g/mol. The summed E-state index contributed by atoms with van der Waals surface area (Å²) in [6.07, 6.45) is 1.36. The molecule has 0 aliphatic carbocycles. The van der Waals surface area contributed by atoms with Crippen molar-refractivity contribution in [1.29, 1.82) is 0 Å². The predicted molar refractivity (Wildman–Crippen MR) is 70.2 cm³/mol. The molecule has 98 valence electrons. The van der Waals surface area contributed by atoms with Crippen LogP contribution in [-0.2, 0) is 0 Å². The first-order chi connectivity index (χ1) is 9.10. The molecule has 2 aromatic rings. The molecule has 1 amide bonds. The number of carbonyl (C=O) groups is 1. The molecule has 6 nitrogen and oxygen atoms in total. The summed E-state index contributed by atoms with van der Waals surface area (Å²) in [5.41, 5.74) is 11.0. The second kappa shape index (κ2) is 5.26. The molecular formula is C13H13N3O3. The van der Waals surface area contributed by atoms with Crippen molar-refractivity contribution in [3.63, 3.8) is 0 Å². The van der Waals surface area contributed by atoms with Crippen LogP contribution in [0.15, 0.2) is 36.5 Å². The lowest BCUT2D eigenvalue weighted by molar-refractivity contribution is 0.0998. The molecule has 2 rings (SSSR count). The molecule has 1 aromatic carbocycles. The third kappa shape index (κ3) is 2.92. The molecule has 0 radical (unpaired) electrons. The molecule has 19 heavy (non-hydrogen) atoms. The molecule has 0 aliphatic rings. The Morgan fingerprint density at radius 1 is 1.26 bits per heavy atom. The van der Waals surface area contributed by atoms with Crippen molar-refractivity contribution in [2.75, 3.05) is 12.8 Å². The Kier molecular flexibility index (Phi) is 3.51. The molecule has 1 aromatic heterocycles. The molecule has 0 bridgehead atoms. The summed E-state index contributed by atoms with van der Waals surface area (Å²) in [5, 5.41) is 0. The number of carbonyl (C=O) groups excluding carboxylic acids is 1. The molecule has 6 heteroatoms. The quantitative estimate of drug-likeness (QED) is 0.867. The Hall–Kier alpha value is -2.76. The lowest BCUT2D eigenvalue weighted by atomic mass is 10.2. The van der Waals surface area contributed by atoms with E-state index in [1.54, 1.807) is 31.4 Å². The van der Waals surface area contributed by atoms with E-state index in [-0.39, 0.29) is 17.1 Å². The molecule has 0 fully saturated rings. The van der Waals surface area contributed by atoms with E-state index in [1.165, 1.54) is 12.3 Å². The van der Waals surface area contributed by atoms with E-state index in [0.717, 1.165) is 0 Å². The first kappa shape index (κ1) is 12.7. The Bertz CT molecular complexity index is 614. The zero-order valence-electron chi connectivity index (χ0n) is 10.3. The molecule has 1 heterocycles. The van der Waals surface area contributed by atoms with Gasteiger partial charge in [-0.1, -0.05) is 6.07 Å². The zero-order valence-corrected chi connectivity index (χ0v) is 10.3. The van der Waals surface area contributed by atoms with Crippen LogP contribution in [0.1, 0.15) is 10.4 Å². The zero-order chi connectivity index (χ0) is 13.8. The number of benzene rings is 1. The third-order valence-electron chi connectivity index (χ3n) is 2.42. The van der Waals surface area contributed by atoms with Gasteiger partial charge in [0.1, 0.15) is 17.3 Å². The fourth-order valence-electron chi connectivity index (χ4n) is 1.52. The maximum atomic E-state index is 11.3. The van der Waals surface area contributed by atoms with Crippen LogP contribution in [-0.4, -0.2) is 18.0 Å². The Balaban J connectivity index is 2.34. The van der Waals surface area contributed by atoms with Gasteiger partial charge in [0.15, 0.2) is 5.75 Å². The van der Waals surface area contributed by atoms with Crippen molar-refractivity contribution in [3.05, 3.63) is 42.1 Å². The van der Waals surface area contributed by atoms with Crippen molar-refractivity contribution in [3.8, 4) is 17.2 Å². The predicted octanol–water partition coefficient (Wildman–Crippen LogP) is 1.56. The first-order valence-electron chi connectivity index (χ1n) is 5.47. The second-order valence-electron chi connectivity index (χ2n) is 3.75. The SMILES string of the molecule is COc1cccc(Oc2cnc(N)cc2C(N)=O)c1. The Morgan fingerprint density at radius 3 is 2.68 bits per heavy atom. The second-order valence-corrected chi connectivity index (χ2v) is 3.75. The van der Waals surface area contributed by atoms with Crippen LogP contribution in [0, 0.1) is 0 Å². The minimum atomic E-state index is -0.632. The number of rotatable bonds is 4. The molecule has 0 unspecified atom stereocenters. The number of hydrogen-bond acceptors (Lipinski definition) is 5. The number of anilines is 1. The molecule has 0 atom stereocenters. The minimum Gasteiger partial charge on any atom is -0.497 e. The average Bonchev–Trinajstić information content (AvgIpc) is 2.41. The van der Waals surface area contributed by atoms with Gasteiger partial charge in [0.2, 0.25) is 0 Å². The Morgan fingerprint density at radius 2 is 2.00 bits per heavy atom. The minimum absolute atomic E-state index is 0.176. The fourth-order valence-corrected chi connectivity index (χ4v) is 1.52. The highest BCUT2D eigenvalue weighted by molar-refractivity contribution is 5.96. The topological polar surface area (TPSA) is 100 Å². The molecular weight excluding hydrogens is 246 g/mol. The number of hydrogen-bond donors (Lipinski definition) is 2. The summed E-state index contributed by atoms with van der Waals surface area (Å²) < 4.78 is 10.7. The van der Waals surface area contributed by atoms with E-state index in [1.807, 2.05) is 0 Å². The summed E-state index contributed by atoms with van der Waals surface area (Å²) >= 11 is 0. The number of nitrogens with two attached hydrogens (primary N) is 2. The van der Waals surface area contributed by atoms with Gasteiger partial charge in [-0.15, -0.1) is 0 Å². The van der Waals surface area contributed by atoms with Gasteiger partial charge >= 0.3 is 0 Å². The van der Waals surface area contributed by atoms with Crippen LogP contribution in [0.25, 0.3) is 0 Å². The van der Waals surface area contributed by atoms with Crippen molar-refractivity contribution in [2.24, 2.45) is 5.73 Å². The van der Waals surface area contributed by atoms with Gasteiger partial charge in [-0.25, -0.2) is 4.98 Å². The van der Waals surface area contributed by atoms with Crippen LogP contribution in [0.3, 0.4) is 0 Å². The van der Waals surface area contributed by atoms with Crippen molar-refractivity contribution >= 4 is 11.7 Å². The van der Waals surface area contributed by atoms with E-state index in [9.17, 15) is 4.79 Å². The first-order valence-corrected chi connectivity index (χ1v) is 5.47. The van der Waals surface area contributed by atoms with Crippen LogP contribution in [0.2, 0.25) is 0 Å². The molecule has 0 spiro atoms. The number of aromatic nitrogens is 1. The van der Waals surface area contributed by atoms with Crippen molar-refractivity contribution < 1.29 is 14.3 Å². The highest BCUT2D eigenvalue weighted by Crippen LogP contribution is 2.27. The summed E-state index contributed by atoms with van der Waals surface area (Å²) in [5.74, 6) is 0.962. The normalized spacial score (nSPS) is 9.95. The summed E-state index contributed by atoms with van der Waals surface area (Å²) in [6.45, 7) is 0. The number of amides is 1. The Labute approximate surface area is 110 Å². The highest BCUT2D eigenvalue weighted by Gasteiger charge is 2.12.